The highest BCUT2D eigenvalue weighted by molar-refractivity contribution is 6.09. The maximum absolute atomic E-state index is 6.36. The van der Waals surface area contributed by atoms with Gasteiger partial charge in [-0.15, -0.1) is 0 Å². The molecule has 3 aromatic carbocycles. The maximum Gasteiger partial charge on any atom is 0.161 e. The molecule has 31 heavy (non-hydrogen) atoms. The van der Waals surface area contributed by atoms with Crippen molar-refractivity contribution in [3.63, 3.8) is 0 Å². The predicted octanol–water partition coefficient (Wildman–Crippen LogP) is 7.70. The standard InChI is InChI=1S/C28H19NO2/c1-28(2)23-19(25-27-17(14-15-29-25)16-8-3-5-12-21(16)31-27)10-7-11-20(23)26-24(28)18-9-4-6-13-22(18)30-26/h3-15H,1-2H3. The molecule has 0 aliphatic heterocycles. The Hall–Kier alpha value is -3.85. The summed E-state index contributed by atoms with van der Waals surface area (Å²) < 4.78 is 12.7. The Morgan fingerprint density at radius 3 is 2.19 bits per heavy atom. The van der Waals surface area contributed by atoms with E-state index < -0.39 is 0 Å². The number of nitrogens with zero attached hydrogens (tertiary/aromatic N) is 1. The van der Waals surface area contributed by atoms with Crippen LogP contribution in [0.2, 0.25) is 0 Å². The largest absolute Gasteiger partial charge is 0.456 e. The molecule has 0 saturated heterocycles. The summed E-state index contributed by atoms with van der Waals surface area (Å²) in [6.45, 7) is 4.56. The number of rotatable bonds is 1. The van der Waals surface area contributed by atoms with Gasteiger partial charge in [0.15, 0.2) is 5.58 Å². The number of para-hydroxylation sites is 2. The fraction of sp³-hybridized carbons (Fsp3) is 0.107. The molecule has 0 bridgehead atoms. The van der Waals surface area contributed by atoms with Crippen LogP contribution in [-0.4, -0.2) is 4.98 Å². The zero-order valence-corrected chi connectivity index (χ0v) is 17.3. The van der Waals surface area contributed by atoms with E-state index in [1.54, 1.807) is 0 Å². The van der Waals surface area contributed by atoms with Crippen molar-refractivity contribution in [1.82, 2.24) is 4.98 Å². The van der Waals surface area contributed by atoms with E-state index in [1.807, 2.05) is 42.6 Å². The van der Waals surface area contributed by atoms with Crippen LogP contribution in [0.5, 0.6) is 0 Å². The number of furan rings is 2. The van der Waals surface area contributed by atoms with E-state index in [9.17, 15) is 0 Å². The van der Waals surface area contributed by atoms with Gasteiger partial charge in [-0.25, -0.2) is 0 Å². The first-order chi connectivity index (χ1) is 15.1. The summed E-state index contributed by atoms with van der Waals surface area (Å²) in [5, 5.41) is 3.39. The molecule has 1 aliphatic rings. The minimum Gasteiger partial charge on any atom is -0.456 e. The maximum atomic E-state index is 6.36. The van der Waals surface area contributed by atoms with E-state index in [1.165, 1.54) is 16.5 Å². The topological polar surface area (TPSA) is 39.2 Å². The average molecular weight is 401 g/mol. The molecule has 3 heterocycles. The molecule has 0 amide bonds. The Kier molecular flexibility index (Phi) is 3.07. The van der Waals surface area contributed by atoms with Gasteiger partial charge in [-0.1, -0.05) is 68.4 Å². The Bertz CT molecular complexity index is 1670. The fourth-order valence-corrected chi connectivity index (χ4v) is 5.44. The molecule has 0 saturated carbocycles. The summed E-state index contributed by atoms with van der Waals surface area (Å²) in [7, 11) is 0. The van der Waals surface area contributed by atoms with Crippen molar-refractivity contribution in [2.45, 2.75) is 19.3 Å². The molecule has 0 radical (unpaired) electrons. The summed E-state index contributed by atoms with van der Waals surface area (Å²) >= 11 is 0. The highest BCUT2D eigenvalue weighted by atomic mass is 16.3. The minimum absolute atomic E-state index is 0.219. The highest BCUT2D eigenvalue weighted by Crippen LogP contribution is 2.55. The lowest BCUT2D eigenvalue weighted by atomic mass is 9.78. The predicted molar refractivity (Wildman–Crippen MR) is 124 cm³/mol. The van der Waals surface area contributed by atoms with E-state index >= 15 is 0 Å². The molecule has 0 atom stereocenters. The van der Waals surface area contributed by atoms with Gasteiger partial charge in [-0.2, -0.15) is 0 Å². The SMILES string of the molecule is CC1(C)c2c(cccc2-c2nccc3c2oc2ccccc23)-c2oc3ccccc3c21. The van der Waals surface area contributed by atoms with Crippen molar-refractivity contribution >= 4 is 32.9 Å². The van der Waals surface area contributed by atoms with Crippen LogP contribution in [-0.2, 0) is 5.41 Å². The second-order valence-electron chi connectivity index (χ2n) is 8.79. The van der Waals surface area contributed by atoms with Crippen molar-refractivity contribution in [2.24, 2.45) is 0 Å². The van der Waals surface area contributed by atoms with Gasteiger partial charge in [0, 0.05) is 44.5 Å². The monoisotopic (exact) mass is 401 g/mol. The third-order valence-corrected chi connectivity index (χ3v) is 6.70. The molecule has 1 aliphatic carbocycles. The number of hydrogen-bond acceptors (Lipinski definition) is 3. The summed E-state index contributed by atoms with van der Waals surface area (Å²) in [6.07, 6.45) is 1.88. The lowest BCUT2D eigenvalue weighted by Gasteiger charge is -2.23. The zero-order chi connectivity index (χ0) is 20.7. The summed E-state index contributed by atoms with van der Waals surface area (Å²) in [5.74, 6) is 0.972. The lowest BCUT2D eigenvalue weighted by molar-refractivity contribution is 0.619. The molecular weight excluding hydrogens is 382 g/mol. The number of fused-ring (bicyclic) bond motifs is 8. The van der Waals surface area contributed by atoms with Crippen molar-refractivity contribution < 1.29 is 8.83 Å². The van der Waals surface area contributed by atoms with Crippen molar-refractivity contribution in [3.05, 3.63) is 90.1 Å². The van der Waals surface area contributed by atoms with Gasteiger partial charge < -0.3 is 8.83 Å². The summed E-state index contributed by atoms with van der Waals surface area (Å²) in [4.78, 5) is 4.80. The van der Waals surface area contributed by atoms with Crippen LogP contribution in [0.1, 0.15) is 25.0 Å². The number of aromatic nitrogens is 1. The molecule has 3 nitrogen and oxygen atoms in total. The summed E-state index contributed by atoms with van der Waals surface area (Å²) in [6, 6.07) is 24.9. The van der Waals surface area contributed by atoms with Gasteiger partial charge in [0.1, 0.15) is 22.6 Å². The first-order valence-electron chi connectivity index (χ1n) is 10.6. The second-order valence-corrected chi connectivity index (χ2v) is 8.79. The molecule has 148 valence electrons. The van der Waals surface area contributed by atoms with Gasteiger partial charge in [0.05, 0.1) is 0 Å². The quantitative estimate of drug-likeness (QED) is 0.283. The van der Waals surface area contributed by atoms with Crippen LogP contribution in [0, 0.1) is 0 Å². The Morgan fingerprint density at radius 2 is 1.35 bits per heavy atom. The second kappa shape index (κ2) is 5.64. The van der Waals surface area contributed by atoms with Gasteiger partial charge in [-0.3, -0.25) is 4.98 Å². The highest BCUT2D eigenvalue weighted by Gasteiger charge is 2.42. The number of hydrogen-bond donors (Lipinski definition) is 0. The number of benzene rings is 3. The summed E-state index contributed by atoms with van der Waals surface area (Å²) in [5.41, 5.74) is 8.06. The molecule has 3 heteroatoms. The van der Waals surface area contributed by atoms with Crippen LogP contribution in [0.3, 0.4) is 0 Å². The Labute approximate surface area is 178 Å². The zero-order valence-electron chi connectivity index (χ0n) is 17.3. The first-order valence-corrected chi connectivity index (χ1v) is 10.6. The molecule has 0 N–H and O–H groups in total. The van der Waals surface area contributed by atoms with Crippen molar-refractivity contribution in [3.8, 4) is 22.6 Å². The molecule has 6 aromatic rings. The smallest absolute Gasteiger partial charge is 0.161 e. The fourth-order valence-electron chi connectivity index (χ4n) is 5.44. The Morgan fingerprint density at radius 1 is 0.645 bits per heavy atom. The van der Waals surface area contributed by atoms with Crippen molar-refractivity contribution in [1.29, 1.82) is 0 Å². The Balaban J connectivity index is 1.57. The lowest BCUT2D eigenvalue weighted by Crippen LogP contribution is -2.16. The normalized spacial score (nSPS) is 14.4. The minimum atomic E-state index is -0.219. The van der Waals surface area contributed by atoms with E-state index in [2.05, 4.69) is 50.2 Å². The van der Waals surface area contributed by atoms with E-state index in [0.29, 0.717) is 0 Å². The average Bonchev–Trinajstić information content (AvgIpc) is 3.43. The van der Waals surface area contributed by atoms with Gasteiger partial charge in [-0.05, 0) is 23.8 Å². The van der Waals surface area contributed by atoms with Crippen molar-refractivity contribution in [2.75, 3.05) is 0 Å². The van der Waals surface area contributed by atoms with Crippen LogP contribution in [0.15, 0.2) is 87.8 Å². The van der Waals surface area contributed by atoms with E-state index in [4.69, 9.17) is 13.8 Å². The van der Waals surface area contributed by atoms with Crippen LogP contribution >= 0.6 is 0 Å². The molecule has 0 unspecified atom stereocenters. The van der Waals surface area contributed by atoms with E-state index in [-0.39, 0.29) is 5.41 Å². The van der Waals surface area contributed by atoms with Gasteiger partial charge in [0.2, 0.25) is 0 Å². The molecular formula is C28H19NO2. The van der Waals surface area contributed by atoms with Crippen LogP contribution in [0.4, 0.5) is 0 Å². The van der Waals surface area contributed by atoms with Crippen LogP contribution in [0.25, 0.3) is 55.5 Å². The molecule has 3 aromatic heterocycles. The number of pyridine rings is 1. The van der Waals surface area contributed by atoms with E-state index in [0.717, 1.165) is 50.1 Å². The molecule has 0 fully saturated rings. The molecule has 7 rings (SSSR count). The third-order valence-electron chi connectivity index (χ3n) is 6.70. The van der Waals surface area contributed by atoms with Gasteiger partial charge >= 0.3 is 0 Å². The molecule has 0 spiro atoms. The van der Waals surface area contributed by atoms with Crippen LogP contribution < -0.4 is 0 Å². The third kappa shape index (κ3) is 2.05. The first kappa shape index (κ1) is 16.9. The van der Waals surface area contributed by atoms with Gasteiger partial charge in [0.25, 0.3) is 0 Å².